The second kappa shape index (κ2) is 15.1. The molecule has 0 radical (unpaired) electrons. The lowest BCUT2D eigenvalue weighted by Gasteiger charge is -2.39. The average molecular weight is 834 g/mol. The highest BCUT2D eigenvalue weighted by Gasteiger charge is 2.54. The smallest absolute Gasteiger partial charge is 0.340 e. The van der Waals surface area contributed by atoms with E-state index in [1.807, 2.05) is 149 Å². The third-order valence-corrected chi connectivity index (χ3v) is 12.7. The molecule has 10 rings (SSSR count). The Morgan fingerprint density at radius 3 is 2.11 bits per heavy atom. The normalized spacial score (nSPS) is 16.3. The molecule has 2 atom stereocenters. The van der Waals surface area contributed by atoms with Gasteiger partial charge >= 0.3 is 11.9 Å². The summed E-state index contributed by atoms with van der Waals surface area (Å²) in [5.41, 5.74) is 10.6. The van der Waals surface area contributed by atoms with Crippen molar-refractivity contribution in [2.75, 3.05) is 42.4 Å². The quantitative estimate of drug-likeness (QED) is 0.139. The molecule has 7 aromatic carbocycles. The Morgan fingerprint density at radius 1 is 0.635 bits per heavy atom. The van der Waals surface area contributed by atoms with Gasteiger partial charge in [-0.1, -0.05) is 54.6 Å². The number of esters is 2. The van der Waals surface area contributed by atoms with Crippen LogP contribution < -0.4 is 24.2 Å². The van der Waals surface area contributed by atoms with E-state index < -0.39 is 23.6 Å². The number of hydrogen-bond donors (Lipinski definition) is 0. The van der Waals surface area contributed by atoms with Crippen molar-refractivity contribution in [3.63, 3.8) is 0 Å². The Balaban J connectivity index is 1.16. The summed E-state index contributed by atoms with van der Waals surface area (Å²) in [5.74, 6) is 1.66. The first-order chi connectivity index (χ1) is 30.5. The molecule has 0 saturated carbocycles. The van der Waals surface area contributed by atoms with Gasteiger partial charge < -0.3 is 33.6 Å². The van der Waals surface area contributed by atoms with E-state index in [4.69, 9.17) is 18.9 Å². The molecule has 3 aliphatic rings. The van der Waals surface area contributed by atoms with Crippen LogP contribution in [0.15, 0.2) is 140 Å². The number of nitrogens with zero attached hydrogens (tertiary/aromatic N) is 3. The van der Waals surface area contributed by atoms with Gasteiger partial charge in [0.25, 0.3) is 0 Å². The van der Waals surface area contributed by atoms with Crippen LogP contribution in [0, 0.1) is 20.8 Å². The van der Waals surface area contributed by atoms with Crippen LogP contribution in [-0.2, 0) is 15.1 Å². The fraction of sp³-hybridized carbons (Fsp3) is 0.185. The van der Waals surface area contributed by atoms with Crippen molar-refractivity contribution >= 4 is 40.4 Å². The summed E-state index contributed by atoms with van der Waals surface area (Å²) < 4.78 is 26.8. The molecule has 0 bridgehead atoms. The molecule has 9 heteroatoms. The minimum atomic E-state index is -1.28. The van der Waals surface area contributed by atoms with Crippen LogP contribution in [0.5, 0.6) is 23.0 Å². The van der Waals surface area contributed by atoms with Gasteiger partial charge in [0, 0.05) is 96.0 Å². The molecule has 0 N–H and O–H groups in total. The number of para-hydroxylation sites is 1. The topological polar surface area (TPSA) is 80.8 Å². The summed E-state index contributed by atoms with van der Waals surface area (Å²) >= 11 is 0. The van der Waals surface area contributed by atoms with Crippen molar-refractivity contribution in [1.29, 1.82) is 0 Å². The molecule has 0 saturated heterocycles. The van der Waals surface area contributed by atoms with Crippen molar-refractivity contribution in [2.24, 2.45) is 0 Å². The van der Waals surface area contributed by atoms with E-state index in [-0.39, 0.29) is 0 Å². The number of fused-ring (bicyclic) bond motifs is 8. The first-order valence-corrected chi connectivity index (χ1v) is 21.2. The van der Waals surface area contributed by atoms with Crippen LogP contribution in [0.4, 0.5) is 28.4 Å². The highest BCUT2D eigenvalue weighted by atomic mass is 16.6. The van der Waals surface area contributed by atoms with E-state index in [2.05, 4.69) is 47.9 Å². The predicted molar refractivity (Wildman–Crippen MR) is 247 cm³/mol. The number of hydrogen-bond acceptors (Lipinski definition) is 9. The monoisotopic (exact) mass is 833 g/mol. The van der Waals surface area contributed by atoms with Gasteiger partial charge in [-0.2, -0.15) is 0 Å². The highest BCUT2D eigenvalue weighted by molar-refractivity contribution is 5.97. The van der Waals surface area contributed by atoms with Gasteiger partial charge in [0.15, 0.2) is 11.7 Å². The van der Waals surface area contributed by atoms with Gasteiger partial charge in [-0.25, -0.2) is 9.59 Å². The minimum absolute atomic E-state index is 0.392. The van der Waals surface area contributed by atoms with Gasteiger partial charge in [-0.3, -0.25) is 0 Å². The lowest BCUT2D eigenvalue weighted by Crippen LogP contribution is -2.33. The Kier molecular flexibility index (Phi) is 9.51. The number of benzene rings is 7. The molecular weight excluding hydrogens is 787 g/mol. The van der Waals surface area contributed by atoms with E-state index in [0.717, 1.165) is 73.9 Å². The molecule has 0 aliphatic carbocycles. The third-order valence-electron chi connectivity index (χ3n) is 12.7. The predicted octanol–water partition coefficient (Wildman–Crippen LogP) is 12.2. The van der Waals surface area contributed by atoms with Gasteiger partial charge in [0.2, 0.25) is 0 Å². The number of anilines is 5. The van der Waals surface area contributed by atoms with Crippen molar-refractivity contribution in [2.45, 2.75) is 39.4 Å². The van der Waals surface area contributed by atoms with Crippen molar-refractivity contribution in [1.82, 2.24) is 0 Å². The van der Waals surface area contributed by atoms with E-state index in [0.29, 0.717) is 39.7 Å². The zero-order valence-electron chi connectivity index (χ0n) is 36.4. The molecule has 3 heterocycles. The molecule has 2 unspecified atom stereocenters. The second-order valence-corrected chi connectivity index (χ2v) is 16.7. The fourth-order valence-corrected chi connectivity index (χ4v) is 9.21. The molecule has 3 aliphatic heterocycles. The molecule has 9 nitrogen and oxygen atoms in total. The summed E-state index contributed by atoms with van der Waals surface area (Å²) in [6, 6.07) is 45.5. The van der Waals surface area contributed by atoms with Crippen LogP contribution >= 0.6 is 0 Å². The summed E-state index contributed by atoms with van der Waals surface area (Å²) in [5, 5.41) is 0. The number of rotatable bonds is 8. The van der Waals surface area contributed by atoms with Gasteiger partial charge in [-0.15, -0.1) is 0 Å². The van der Waals surface area contributed by atoms with E-state index in [9.17, 15) is 9.59 Å². The summed E-state index contributed by atoms with van der Waals surface area (Å²) in [6.45, 7) is 8.92. The molecule has 0 fully saturated rings. The fourth-order valence-electron chi connectivity index (χ4n) is 9.21. The molecule has 63 heavy (non-hydrogen) atoms. The number of ether oxygens (including phenoxy) is 4. The summed E-state index contributed by atoms with van der Waals surface area (Å²) in [7, 11) is 6.01. The number of aryl methyl sites for hydroxylation is 2. The summed E-state index contributed by atoms with van der Waals surface area (Å²) in [6.07, 6.45) is -0.734. The Hall–Kier alpha value is -7.52. The van der Waals surface area contributed by atoms with Crippen LogP contribution in [0.25, 0.3) is 0 Å². The Bertz CT molecular complexity index is 3000. The molecule has 0 amide bonds. The van der Waals surface area contributed by atoms with E-state index in [1.165, 1.54) is 0 Å². The zero-order chi connectivity index (χ0) is 43.7. The molecule has 1 spiro atoms. The highest BCUT2D eigenvalue weighted by Crippen LogP contribution is 2.59. The third kappa shape index (κ3) is 6.29. The standard InChI is InChI=1S/C54H47N3O6/c1-8-56(7)37-22-24-40-47(30-37)61-50-34(4)45(27-25-41(50)51(40)62-52(58)38-19-13-12-16-32(38)2)57(35-17-10-9-11-18-35)46-31-44-48(28-33(46)3)60-49-29-36(55(5)6)23-26-43(49)54(44)42-21-15-14-20-39(42)53(59)63-54/h9-31,51H,8H2,1-7H3. The Morgan fingerprint density at radius 2 is 1.33 bits per heavy atom. The largest absolute Gasteiger partial charge is 0.456 e. The van der Waals surface area contributed by atoms with Gasteiger partial charge in [0.05, 0.1) is 16.8 Å². The Labute approximate surface area is 367 Å². The SMILES string of the molecule is CCN(C)c1ccc2c(c1)Oc1c(ccc(N(c3ccccc3)c3cc4c(cc3C)Oc3cc(N(C)C)ccc3C43OC(=O)c4ccccc43)c1C)C2OC(=O)c1ccccc1C. The summed E-state index contributed by atoms with van der Waals surface area (Å²) in [4.78, 5) is 34.2. The molecular formula is C54H47N3O6. The molecule has 7 aromatic rings. The number of carbonyl (C=O) groups is 2. The van der Waals surface area contributed by atoms with Gasteiger partial charge in [0.1, 0.15) is 23.0 Å². The second-order valence-electron chi connectivity index (χ2n) is 16.7. The van der Waals surface area contributed by atoms with E-state index in [1.54, 1.807) is 6.07 Å². The van der Waals surface area contributed by atoms with Crippen molar-refractivity contribution in [3.8, 4) is 23.0 Å². The number of carbonyl (C=O) groups excluding carboxylic acids is 2. The van der Waals surface area contributed by atoms with Crippen LogP contribution in [0.1, 0.15) is 78.3 Å². The lowest BCUT2D eigenvalue weighted by molar-refractivity contribution is 0.0224. The first-order valence-electron chi connectivity index (χ1n) is 21.2. The van der Waals surface area contributed by atoms with Crippen LogP contribution in [-0.4, -0.2) is 39.6 Å². The maximum atomic E-state index is 14.0. The van der Waals surface area contributed by atoms with Crippen LogP contribution in [0.2, 0.25) is 0 Å². The van der Waals surface area contributed by atoms with Crippen LogP contribution in [0.3, 0.4) is 0 Å². The maximum absolute atomic E-state index is 14.0. The maximum Gasteiger partial charge on any atom is 0.340 e. The van der Waals surface area contributed by atoms with Crippen molar-refractivity contribution in [3.05, 3.63) is 195 Å². The first kappa shape index (κ1) is 39.6. The van der Waals surface area contributed by atoms with E-state index >= 15 is 0 Å². The average Bonchev–Trinajstić information content (AvgIpc) is 3.59. The zero-order valence-corrected chi connectivity index (χ0v) is 36.4. The minimum Gasteiger partial charge on any atom is -0.456 e. The molecule has 314 valence electrons. The lowest BCUT2D eigenvalue weighted by atomic mass is 9.77. The van der Waals surface area contributed by atoms with Crippen molar-refractivity contribution < 1.29 is 28.5 Å². The molecule has 0 aromatic heterocycles. The van der Waals surface area contributed by atoms with Gasteiger partial charge in [-0.05, 0) is 112 Å².